The van der Waals surface area contributed by atoms with Crippen LogP contribution in [0, 0.1) is 0 Å². The maximum atomic E-state index is 10.5. The van der Waals surface area contributed by atoms with E-state index in [-0.39, 0.29) is 12.4 Å². The first kappa shape index (κ1) is 7.55. The first-order chi connectivity index (χ1) is 5.22. The van der Waals surface area contributed by atoms with Crippen LogP contribution < -0.4 is 10.5 Å². The molecule has 0 aliphatic rings. The Morgan fingerprint density at radius 1 is 1.91 bits per heavy atom. The average molecular weight is 157 g/mol. The Morgan fingerprint density at radius 3 is 3.09 bits per heavy atom. The zero-order valence-corrected chi connectivity index (χ0v) is 5.60. The highest BCUT2D eigenvalue weighted by Gasteiger charge is 2.03. The molecular formula is C5H7N3O3. The number of nitrogens with zero attached hydrogens (tertiary/aromatic N) is 2. The molecule has 0 aliphatic carbocycles. The molecule has 0 saturated heterocycles. The van der Waals surface area contributed by atoms with Gasteiger partial charge in [0.05, 0.1) is 12.7 Å². The van der Waals surface area contributed by atoms with Gasteiger partial charge in [-0.2, -0.15) is 0 Å². The van der Waals surface area contributed by atoms with E-state index in [4.69, 9.17) is 10.9 Å². The molecule has 0 unspecified atom stereocenters. The summed E-state index contributed by atoms with van der Waals surface area (Å²) >= 11 is 0. The largest absolute Gasteiger partial charge is 0.412 e. The van der Waals surface area contributed by atoms with Gasteiger partial charge in [0, 0.05) is 6.07 Å². The molecule has 1 aromatic heterocycles. The lowest BCUT2D eigenvalue weighted by molar-refractivity contribution is -0.133. The Bertz CT molecular complexity index is 257. The van der Waals surface area contributed by atoms with Crippen LogP contribution in [-0.4, -0.2) is 27.7 Å². The van der Waals surface area contributed by atoms with Crippen molar-refractivity contribution in [2.24, 2.45) is 5.73 Å². The van der Waals surface area contributed by atoms with Crippen molar-refractivity contribution in [1.82, 2.24) is 9.94 Å². The highest BCUT2D eigenvalue weighted by molar-refractivity contribution is 5.73. The van der Waals surface area contributed by atoms with Gasteiger partial charge in [0.25, 0.3) is 0 Å². The van der Waals surface area contributed by atoms with Crippen LogP contribution in [0.5, 0.6) is 5.88 Å². The third-order valence-electron chi connectivity index (χ3n) is 0.937. The van der Waals surface area contributed by atoms with Gasteiger partial charge in [-0.15, -0.1) is 4.85 Å². The van der Waals surface area contributed by atoms with Crippen LogP contribution in [0.4, 0.5) is 0 Å². The fourth-order valence-corrected chi connectivity index (χ4v) is 0.511. The van der Waals surface area contributed by atoms with E-state index < -0.39 is 5.97 Å². The number of hydrogen-bond acceptors (Lipinski definition) is 5. The van der Waals surface area contributed by atoms with Crippen LogP contribution >= 0.6 is 0 Å². The molecule has 0 fully saturated rings. The number of nitrogens with two attached hydrogens (primary N) is 1. The van der Waals surface area contributed by atoms with Crippen LogP contribution in [0.15, 0.2) is 12.3 Å². The molecule has 0 aliphatic heterocycles. The fraction of sp³-hybridized carbons (Fsp3) is 0.200. The van der Waals surface area contributed by atoms with Crippen molar-refractivity contribution in [1.29, 1.82) is 0 Å². The van der Waals surface area contributed by atoms with Crippen LogP contribution in [0.3, 0.4) is 0 Å². The van der Waals surface area contributed by atoms with Crippen molar-refractivity contribution in [2.75, 3.05) is 6.54 Å². The molecule has 1 aromatic rings. The number of carbonyl (C=O) groups excluding carboxylic acids is 1. The summed E-state index contributed by atoms with van der Waals surface area (Å²) in [7, 11) is 0. The lowest BCUT2D eigenvalue weighted by Gasteiger charge is -1.94. The van der Waals surface area contributed by atoms with Gasteiger partial charge in [0.1, 0.15) is 0 Å². The molecular weight excluding hydrogens is 150 g/mol. The summed E-state index contributed by atoms with van der Waals surface area (Å²) in [5.74, 6) is -0.563. The van der Waals surface area contributed by atoms with Crippen molar-refractivity contribution in [2.45, 2.75) is 0 Å². The highest BCUT2D eigenvalue weighted by Crippen LogP contribution is 2.03. The second kappa shape index (κ2) is 3.02. The normalized spacial score (nSPS) is 9.55. The van der Waals surface area contributed by atoms with Crippen LogP contribution in [0.25, 0.3) is 0 Å². The zero-order chi connectivity index (χ0) is 8.27. The Morgan fingerprint density at radius 2 is 2.64 bits per heavy atom. The molecule has 11 heavy (non-hydrogen) atoms. The van der Waals surface area contributed by atoms with Crippen LogP contribution in [0.2, 0.25) is 0 Å². The third-order valence-corrected chi connectivity index (χ3v) is 0.937. The quantitative estimate of drug-likeness (QED) is 0.423. The monoisotopic (exact) mass is 157 g/mol. The topological polar surface area (TPSA) is 90.4 Å². The Balaban J connectivity index is 2.57. The lowest BCUT2D eigenvalue weighted by atomic mass is 10.6. The van der Waals surface area contributed by atoms with Crippen molar-refractivity contribution >= 4 is 5.97 Å². The minimum Gasteiger partial charge on any atom is -0.412 e. The average Bonchev–Trinajstić information content (AvgIpc) is 2.35. The van der Waals surface area contributed by atoms with Crippen molar-refractivity contribution in [3.63, 3.8) is 0 Å². The zero-order valence-electron chi connectivity index (χ0n) is 5.60. The van der Waals surface area contributed by atoms with Crippen molar-refractivity contribution < 1.29 is 14.7 Å². The van der Waals surface area contributed by atoms with E-state index >= 15 is 0 Å². The van der Waals surface area contributed by atoms with Gasteiger partial charge in [-0.25, -0.2) is 0 Å². The minimum absolute atomic E-state index is 0.0305. The van der Waals surface area contributed by atoms with E-state index in [1.54, 1.807) is 0 Å². The molecule has 0 amide bonds. The number of ether oxygens (including phenoxy) is 1. The van der Waals surface area contributed by atoms with Gasteiger partial charge in [0.2, 0.25) is 5.88 Å². The molecule has 0 aromatic carbocycles. The van der Waals surface area contributed by atoms with Gasteiger partial charge >= 0.3 is 5.97 Å². The third kappa shape index (κ3) is 1.94. The number of aromatic nitrogens is 2. The first-order valence-corrected chi connectivity index (χ1v) is 2.88. The van der Waals surface area contributed by atoms with Gasteiger partial charge in [-0.05, 0) is 0 Å². The number of carbonyl (C=O) groups is 1. The minimum atomic E-state index is -0.594. The summed E-state index contributed by atoms with van der Waals surface area (Å²) in [5.41, 5.74) is 4.96. The molecule has 60 valence electrons. The van der Waals surface area contributed by atoms with E-state index in [1.807, 2.05) is 0 Å². The number of hydrogen-bond donors (Lipinski definition) is 2. The smallest absolute Gasteiger partial charge is 0.326 e. The predicted octanol–water partition coefficient (Wildman–Crippen LogP) is -1.02. The molecule has 3 N–H and O–H groups in total. The molecule has 1 rings (SSSR count). The summed E-state index contributed by atoms with van der Waals surface area (Å²) < 4.78 is 4.53. The summed E-state index contributed by atoms with van der Waals surface area (Å²) in [4.78, 5) is 11.1. The molecule has 0 bridgehead atoms. The highest BCUT2D eigenvalue weighted by atomic mass is 16.6. The van der Waals surface area contributed by atoms with E-state index in [9.17, 15) is 4.79 Å². The van der Waals surface area contributed by atoms with E-state index in [1.165, 1.54) is 12.3 Å². The second-order valence-corrected chi connectivity index (χ2v) is 1.75. The second-order valence-electron chi connectivity index (χ2n) is 1.75. The van der Waals surface area contributed by atoms with E-state index in [0.29, 0.717) is 4.85 Å². The first-order valence-electron chi connectivity index (χ1n) is 2.88. The van der Waals surface area contributed by atoms with Crippen molar-refractivity contribution in [3.05, 3.63) is 12.3 Å². The van der Waals surface area contributed by atoms with E-state index in [0.717, 1.165) is 0 Å². The molecule has 0 atom stereocenters. The van der Waals surface area contributed by atoms with Gasteiger partial charge < -0.3 is 15.7 Å². The maximum absolute atomic E-state index is 10.5. The van der Waals surface area contributed by atoms with Gasteiger partial charge in [0.15, 0.2) is 0 Å². The van der Waals surface area contributed by atoms with E-state index in [2.05, 4.69) is 9.84 Å². The Labute approximate surface area is 62.1 Å². The summed E-state index contributed by atoms with van der Waals surface area (Å²) in [6, 6.07) is 1.34. The molecule has 1 heterocycles. The van der Waals surface area contributed by atoms with Crippen LogP contribution in [0.1, 0.15) is 0 Å². The molecule has 0 radical (unpaired) electrons. The van der Waals surface area contributed by atoms with Gasteiger partial charge in [-0.1, -0.05) is 5.10 Å². The van der Waals surface area contributed by atoms with Crippen molar-refractivity contribution in [3.8, 4) is 5.88 Å². The number of esters is 1. The summed E-state index contributed by atoms with van der Waals surface area (Å²) in [6.07, 6.45) is 1.24. The number of rotatable bonds is 2. The molecule has 6 heteroatoms. The molecule has 0 saturated carbocycles. The summed E-state index contributed by atoms with van der Waals surface area (Å²) in [5, 5.41) is 12.0. The fourth-order valence-electron chi connectivity index (χ4n) is 0.511. The lowest BCUT2D eigenvalue weighted by Crippen LogP contribution is -2.19. The summed E-state index contributed by atoms with van der Waals surface area (Å²) in [6.45, 7) is -0.210. The standard InChI is InChI=1S/C5H7N3O3/c6-3-5(9)11-4-1-2-8(10)7-4/h1-2,10H,3,6H2. The Hall–Kier alpha value is -1.56. The van der Waals surface area contributed by atoms with Crippen LogP contribution in [-0.2, 0) is 4.79 Å². The predicted molar refractivity (Wildman–Crippen MR) is 34.1 cm³/mol. The van der Waals surface area contributed by atoms with Gasteiger partial charge in [-0.3, -0.25) is 4.79 Å². The Kier molecular flexibility index (Phi) is 2.07. The molecule has 6 nitrogen and oxygen atoms in total. The molecule has 0 spiro atoms. The maximum Gasteiger partial charge on any atom is 0.326 e. The SMILES string of the molecule is NCC(=O)Oc1ccn(O)n1.